The zero-order chi connectivity index (χ0) is 20.8. The maximum absolute atomic E-state index is 13.0. The van der Waals surface area contributed by atoms with Gasteiger partial charge in [0.2, 0.25) is 11.8 Å². The van der Waals surface area contributed by atoms with Crippen LogP contribution in [0.4, 0.5) is 10.1 Å². The lowest BCUT2D eigenvalue weighted by molar-refractivity contribution is -0.123. The number of nitrogens with one attached hydrogen (secondary N) is 2. The molecule has 1 saturated heterocycles. The summed E-state index contributed by atoms with van der Waals surface area (Å²) < 4.78 is 18.1. The molecule has 1 heterocycles. The van der Waals surface area contributed by atoms with Crippen molar-refractivity contribution in [2.45, 2.75) is 18.6 Å². The van der Waals surface area contributed by atoms with Crippen LogP contribution < -0.4 is 15.4 Å². The van der Waals surface area contributed by atoms with Gasteiger partial charge in [-0.3, -0.25) is 9.59 Å². The summed E-state index contributed by atoms with van der Waals surface area (Å²) in [5.41, 5.74) is 1.86. The van der Waals surface area contributed by atoms with Crippen LogP contribution in [0.5, 0.6) is 5.75 Å². The van der Waals surface area contributed by atoms with Crippen LogP contribution in [0.2, 0.25) is 0 Å². The fourth-order valence-corrected chi connectivity index (χ4v) is 3.44. The highest BCUT2D eigenvalue weighted by atomic mass is 32.2. The van der Waals surface area contributed by atoms with Gasteiger partial charge in [0.15, 0.2) is 5.17 Å². The van der Waals surface area contributed by atoms with Crippen molar-refractivity contribution in [2.75, 3.05) is 12.4 Å². The minimum Gasteiger partial charge on any atom is -0.497 e. The third kappa shape index (κ3) is 5.64. The molecule has 1 aliphatic heterocycles. The molecular weight excluding hydrogens is 395 g/mol. The quantitative estimate of drug-likeness (QED) is 0.581. The van der Waals surface area contributed by atoms with Crippen molar-refractivity contribution in [1.29, 1.82) is 0 Å². The lowest BCUT2D eigenvalue weighted by Gasteiger charge is -2.21. The number of benzene rings is 2. The molecular formula is C20H19FN4O3S. The van der Waals surface area contributed by atoms with Gasteiger partial charge in [-0.2, -0.15) is 5.10 Å². The SMILES string of the molecule is COc1ccc(NC(=O)C2CC(=O)N/C(=N\N=C(/C)c3ccc(F)cc3)S2)cc1. The van der Waals surface area contributed by atoms with Crippen LogP contribution in [-0.2, 0) is 9.59 Å². The summed E-state index contributed by atoms with van der Waals surface area (Å²) in [6.45, 7) is 1.72. The normalized spacial score (nSPS) is 18.3. The highest BCUT2D eigenvalue weighted by molar-refractivity contribution is 8.15. The lowest BCUT2D eigenvalue weighted by atomic mass is 10.1. The Bertz CT molecular complexity index is 959. The number of amidine groups is 1. The summed E-state index contributed by atoms with van der Waals surface area (Å²) >= 11 is 1.12. The van der Waals surface area contributed by atoms with E-state index in [1.807, 2.05) is 0 Å². The minimum absolute atomic E-state index is 0.0341. The van der Waals surface area contributed by atoms with Gasteiger partial charge in [0.1, 0.15) is 16.8 Å². The molecule has 1 atom stereocenters. The molecule has 0 aromatic heterocycles. The van der Waals surface area contributed by atoms with Crippen molar-refractivity contribution >= 4 is 40.1 Å². The monoisotopic (exact) mass is 414 g/mol. The maximum Gasteiger partial charge on any atom is 0.238 e. The molecule has 2 aromatic rings. The summed E-state index contributed by atoms with van der Waals surface area (Å²) in [6, 6.07) is 12.7. The number of amides is 2. The van der Waals surface area contributed by atoms with Crippen LogP contribution in [-0.4, -0.2) is 35.1 Å². The van der Waals surface area contributed by atoms with Gasteiger partial charge in [0.05, 0.1) is 12.8 Å². The summed E-state index contributed by atoms with van der Waals surface area (Å²) in [6.07, 6.45) is 0.0341. The number of carbonyl (C=O) groups excluding carboxylic acids is 2. The van der Waals surface area contributed by atoms with E-state index in [9.17, 15) is 14.0 Å². The van der Waals surface area contributed by atoms with Crippen LogP contribution in [0.15, 0.2) is 58.7 Å². The molecule has 0 bridgehead atoms. The average molecular weight is 414 g/mol. The number of anilines is 1. The molecule has 0 radical (unpaired) electrons. The molecule has 9 heteroatoms. The van der Waals surface area contributed by atoms with E-state index in [1.54, 1.807) is 50.4 Å². The average Bonchev–Trinajstić information content (AvgIpc) is 2.72. The summed E-state index contributed by atoms with van der Waals surface area (Å²) in [4.78, 5) is 24.5. The Morgan fingerprint density at radius 1 is 1.21 bits per heavy atom. The maximum atomic E-state index is 13.0. The first-order chi connectivity index (χ1) is 13.9. The van der Waals surface area contributed by atoms with E-state index < -0.39 is 5.25 Å². The Balaban J connectivity index is 1.67. The zero-order valence-electron chi connectivity index (χ0n) is 15.8. The van der Waals surface area contributed by atoms with Gasteiger partial charge < -0.3 is 15.4 Å². The molecule has 1 unspecified atom stereocenters. The fourth-order valence-electron chi connectivity index (χ4n) is 2.51. The standard InChI is InChI=1S/C20H19FN4O3S/c1-12(13-3-5-14(21)6-4-13)24-25-20-23-18(26)11-17(29-20)19(27)22-15-7-9-16(28-2)10-8-15/h3-10,17H,11H2,1-2H3,(H,22,27)(H,23,25,26)/b24-12+. The smallest absolute Gasteiger partial charge is 0.238 e. The van der Waals surface area contributed by atoms with Gasteiger partial charge in [-0.1, -0.05) is 23.9 Å². The van der Waals surface area contributed by atoms with Crippen LogP contribution in [0, 0.1) is 5.82 Å². The van der Waals surface area contributed by atoms with Gasteiger partial charge in [-0.15, -0.1) is 5.10 Å². The zero-order valence-corrected chi connectivity index (χ0v) is 16.6. The third-order valence-corrected chi connectivity index (χ3v) is 5.15. The molecule has 2 N–H and O–H groups in total. The predicted octanol–water partition coefficient (Wildman–Crippen LogP) is 3.17. The Morgan fingerprint density at radius 3 is 2.55 bits per heavy atom. The second kappa shape index (κ2) is 9.33. The highest BCUT2D eigenvalue weighted by Gasteiger charge is 2.30. The van der Waals surface area contributed by atoms with Crippen molar-refractivity contribution in [3.63, 3.8) is 0 Å². The molecule has 29 heavy (non-hydrogen) atoms. The Labute approximate surface area is 171 Å². The van der Waals surface area contributed by atoms with E-state index in [0.717, 1.165) is 11.8 Å². The van der Waals surface area contributed by atoms with E-state index >= 15 is 0 Å². The van der Waals surface area contributed by atoms with Crippen molar-refractivity contribution in [3.05, 3.63) is 59.9 Å². The number of thioether (sulfide) groups is 1. The number of hydrogen-bond acceptors (Lipinski definition) is 6. The van der Waals surface area contributed by atoms with Gasteiger partial charge >= 0.3 is 0 Å². The topological polar surface area (TPSA) is 92.1 Å². The molecule has 1 fully saturated rings. The van der Waals surface area contributed by atoms with E-state index in [4.69, 9.17) is 4.74 Å². The largest absolute Gasteiger partial charge is 0.497 e. The fraction of sp³-hybridized carbons (Fsp3) is 0.200. The van der Waals surface area contributed by atoms with E-state index in [-0.39, 0.29) is 29.2 Å². The molecule has 7 nitrogen and oxygen atoms in total. The first-order valence-electron chi connectivity index (χ1n) is 8.74. The Kier molecular flexibility index (Phi) is 6.61. The molecule has 0 saturated carbocycles. The molecule has 1 aliphatic rings. The molecule has 2 amide bonds. The third-order valence-electron chi connectivity index (χ3n) is 4.07. The number of methoxy groups -OCH3 is 1. The lowest BCUT2D eigenvalue weighted by Crippen LogP contribution is -2.41. The van der Waals surface area contributed by atoms with Crippen LogP contribution >= 0.6 is 11.8 Å². The number of ether oxygens (including phenoxy) is 1. The van der Waals surface area contributed by atoms with E-state index in [2.05, 4.69) is 20.8 Å². The van der Waals surface area contributed by atoms with Gasteiger partial charge in [0, 0.05) is 12.1 Å². The van der Waals surface area contributed by atoms with Crippen molar-refractivity contribution in [2.24, 2.45) is 10.2 Å². The summed E-state index contributed by atoms with van der Waals surface area (Å²) in [5, 5.41) is 13.1. The van der Waals surface area contributed by atoms with Crippen molar-refractivity contribution in [3.8, 4) is 5.75 Å². The van der Waals surface area contributed by atoms with E-state index in [0.29, 0.717) is 22.7 Å². The number of nitrogens with zero attached hydrogens (tertiary/aromatic N) is 2. The number of hydrogen-bond donors (Lipinski definition) is 2. The van der Waals surface area contributed by atoms with Gasteiger partial charge in [-0.25, -0.2) is 4.39 Å². The number of carbonyl (C=O) groups is 2. The first kappa shape index (κ1) is 20.5. The summed E-state index contributed by atoms with van der Waals surface area (Å²) in [5.74, 6) is -0.277. The van der Waals surface area contributed by atoms with Crippen LogP contribution in [0.25, 0.3) is 0 Å². The second-order valence-corrected chi connectivity index (χ2v) is 7.37. The molecule has 150 valence electrons. The van der Waals surface area contributed by atoms with Crippen LogP contribution in [0.3, 0.4) is 0 Å². The number of halogens is 1. The molecule has 2 aromatic carbocycles. The number of rotatable bonds is 5. The second-order valence-electron chi connectivity index (χ2n) is 6.17. The van der Waals surface area contributed by atoms with Crippen molar-refractivity contribution in [1.82, 2.24) is 5.32 Å². The molecule has 0 spiro atoms. The van der Waals surface area contributed by atoms with Crippen molar-refractivity contribution < 1.29 is 18.7 Å². The van der Waals surface area contributed by atoms with Gasteiger partial charge in [0.25, 0.3) is 0 Å². The first-order valence-corrected chi connectivity index (χ1v) is 9.62. The summed E-state index contributed by atoms with van der Waals surface area (Å²) in [7, 11) is 1.56. The predicted molar refractivity (Wildman–Crippen MR) is 112 cm³/mol. The minimum atomic E-state index is -0.633. The molecule has 0 aliphatic carbocycles. The highest BCUT2D eigenvalue weighted by Crippen LogP contribution is 2.23. The van der Waals surface area contributed by atoms with Crippen LogP contribution in [0.1, 0.15) is 18.9 Å². The Morgan fingerprint density at radius 2 is 1.90 bits per heavy atom. The molecule has 3 rings (SSSR count). The Hall–Kier alpha value is -3.20. The van der Waals surface area contributed by atoms with Gasteiger partial charge in [-0.05, 0) is 48.9 Å². The van der Waals surface area contributed by atoms with E-state index in [1.165, 1.54) is 12.1 Å².